The first-order valence-corrected chi connectivity index (χ1v) is 7.56. The Bertz CT molecular complexity index is 572. The first-order valence-electron chi connectivity index (χ1n) is 6.07. The molecule has 0 amide bonds. The third-order valence-corrected chi connectivity index (χ3v) is 4.70. The summed E-state index contributed by atoms with van der Waals surface area (Å²) in [6, 6.07) is 3.22. The summed E-state index contributed by atoms with van der Waals surface area (Å²) < 4.78 is 40.0. The van der Waals surface area contributed by atoms with E-state index >= 15 is 0 Å². The highest BCUT2D eigenvalue weighted by atomic mass is 35.5. The van der Waals surface area contributed by atoms with Gasteiger partial charge in [0.05, 0.1) is 17.0 Å². The van der Waals surface area contributed by atoms with Crippen LogP contribution in [-0.4, -0.2) is 38.8 Å². The molecule has 1 aromatic carbocycles. The summed E-state index contributed by atoms with van der Waals surface area (Å²) in [5.41, 5.74) is 0.390. The van der Waals surface area contributed by atoms with Crippen LogP contribution in [0.15, 0.2) is 23.1 Å². The van der Waals surface area contributed by atoms with Crippen LogP contribution in [0.5, 0.6) is 0 Å². The standard InChI is InChI=1S/C12H17FN2O3S.2ClH/c1-8-2-3-9(6-10(8)13)19(17,18)15-11-4-5-14-7-12(11)16;;/h2-3,6,11-12,14-16H,4-5,7H2,1H3;2*1H/t11-,12-;;/m1../s1. The fraction of sp³-hybridized carbons (Fsp3) is 0.500. The highest BCUT2D eigenvalue weighted by Gasteiger charge is 2.28. The van der Waals surface area contributed by atoms with Crippen LogP contribution in [0, 0.1) is 12.7 Å². The predicted octanol–water partition coefficient (Wildman–Crippen LogP) is 0.979. The summed E-state index contributed by atoms with van der Waals surface area (Å²) in [6.45, 7) is 2.54. The minimum absolute atomic E-state index is 0. The summed E-state index contributed by atoms with van der Waals surface area (Å²) >= 11 is 0. The minimum Gasteiger partial charge on any atom is -0.390 e. The third-order valence-electron chi connectivity index (χ3n) is 3.21. The first-order chi connectivity index (χ1) is 8.90. The van der Waals surface area contributed by atoms with Crippen molar-refractivity contribution in [3.8, 4) is 0 Å². The van der Waals surface area contributed by atoms with Gasteiger partial charge in [-0.05, 0) is 37.6 Å². The van der Waals surface area contributed by atoms with E-state index in [1.54, 1.807) is 6.92 Å². The number of benzene rings is 1. The molecule has 1 aliphatic heterocycles. The molecule has 0 radical (unpaired) electrons. The molecule has 1 aromatic rings. The maximum Gasteiger partial charge on any atom is 0.241 e. The summed E-state index contributed by atoms with van der Waals surface area (Å²) in [6.07, 6.45) is -0.284. The normalized spacial score (nSPS) is 22.0. The molecule has 0 bridgehead atoms. The van der Waals surface area contributed by atoms with Crippen LogP contribution in [0.25, 0.3) is 0 Å². The van der Waals surface area contributed by atoms with Crippen LogP contribution in [0.2, 0.25) is 0 Å². The summed E-state index contributed by atoms with van der Waals surface area (Å²) in [7, 11) is -3.81. The van der Waals surface area contributed by atoms with E-state index in [-0.39, 0.29) is 29.7 Å². The van der Waals surface area contributed by atoms with Gasteiger partial charge in [-0.1, -0.05) is 6.07 Å². The number of hydrogen-bond donors (Lipinski definition) is 3. The number of β-amino-alcohol motifs (C(OH)–C–C–N with tert-alkyl or cyclic N) is 1. The Balaban J connectivity index is 0.00000200. The second-order valence-electron chi connectivity index (χ2n) is 4.70. The molecule has 0 spiro atoms. The van der Waals surface area contributed by atoms with Gasteiger partial charge < -0.3 is 10.4 Å². The molecule has 1 aliphatic rings. The van der Waals surface area contributed by atoms with E-state index in [1.807, 2.05) is 0 Å². The van der Waals surface area contributed by atoms with Gasteiger partial charge in [0.15, 0.2) is 0 Å². The lowest BCUT2D eigenvalue weighted by Gasteiger charge is -2.28. The molecule has 21 heavy (non-hydrogen) atoms. The maximum atomic E-state index is 13.4. The van der Waals surface area contributed by atoms with Crippen LogP contribution in [0.3, 0.4) is 0 Å². The van der Waals surface area contributed by atoms with Crippen LogP contribution in [-0.2, 0) is 10.0 Å². The van der Waals surface area contributed by atoms with E-state index in [0.29, 0.717) is 25.1 Å². The molecule has 0 aromatic heterocycles. The first kappa shape index (κ1) is 20.6. The molecule has 2 rings (SSSR count). The highest BCUT2D eigenvalue weighted by Crippen LogP contribution is 2.16. The molecular weight excluding hydrogens is 342 g/mol. The van der Waals surface area contributed by atoms with E-state index < -0.39 is 28.0 Å². The van der Waals surface area contributed by atoms with Gasteiger partial charge in [-0.25, -0.2) is 17.5 Å². The zero-order chi connectivity index (χ0) is 14.0. The number of aryl methyl sites for hydroxylation is 1. The Kier molecular flexibility index (Phi) is 8.09. The van der Waals surface area contributed by atoms with E-state index in [2.05, 4.69) is 10.0 Å². The fourth-order valence-electron chi connectivity index (χ4n) is 1.99. The SMILES string of the molecule is Cc1ccc(S(=O)(=O)N[C@@H]2CCNC[C@H]2O)cc1F.Cl.Cl. The van der Waals surface area contributed by atoms with E-state index in [4.69, 9.17) is 0 Å². The topological polar surface area (TPSA) is 78.4 Å². The van der Waals surface area contributed by atoms with Crippen LogP contribution in [0.4, 0.5) is 4.39 Å². The number of sulfonamides is 1. The lowest BCUT2D eigenvalue weighted by Crippen LogP contribution is -2.52. The van der Waals surface area contributed by atoms with Crippen LogP contribution < -0.4 is 10.0 Å². The largest absolute Gasteiger partial charge is 0.390 e. The molecule has 9 heteroatoms. The van der Waals surface area contributed by atoms with Gasteiger partial charge in [-0.3, -0.25) is 0 Å². The van der Waals surface area contributed by atoms with Gasteiger partial charge >= 0.3 is 0 Å². The fourth-order valence-corrected chi connectivity index (χ4v) is 3.30. The molecule has 0 saturated carbocycles. The number of nitrogens with one attached hydrogen (secondary N) is 2. The Labute approximate surface area is 136 Å². The van der Waals surface area contributed by atoms with Crippen LogP contribution in [0.1, 0.15) is 12.0 Å². The van der Waals surface area contributed by atoms with Gasteiger partial charge in [0.1, 0.15) is 5.82 Å². The molecule has 1 saturated heterocycles. The lowest BCUT2D eigenvalue weighted by atomic mass is 10.1. The number of halogens is 3. The van der Waals surface area contributed by atoms with Crippen molar-refractivity contribution in [2.75, 3.05) is 13.1 Å². The van der Waals surface area contributed by atoms with E-state index in [1.165, 1.54) is 12.1 Å². The predicted molar refractivity (Wildman–Crippen MR) is 83.2 cm³/mol. The van der Waals surface area contributed by atoms with Crippen molar-refractivity contribution in [3.63, 3.8) is 0 Å². The second-order valence-corrected chi connectivity index (χ2v) is 6.41. The Morgan fingerprint density at radius 1 is 1.38 bits per heavy atom. The summed E-state index contributed by atoms with van der Waals surface area (Å²) in [5, 5.41) is 12.7. The molecule has 0 aliphatic carbocycles. The number of piperidine rings is 1. The van der Waals surface area contributed by atoms with Gasteiger partial charge in [0.2, 0.25) is 10.0 Å². The van der Waals surface area contributed by atoms with Crippen molar-refractivity contribution < 1.29 is 17.9 Å². The van der Waals surface area contributed by atoms with E-state index in [9.17, 15) is 17.9 Å². The summed E-state index contributed by atoms with van der Waals surface area (Å²) in [4.78, 5) is -0.124. The minimum atomic E-state index is -3.81. The smallest absolute Gasteiger partial charge is 0.241 e. The number of aliphatic hydroxyl groups excluding tert-OH is 1. The summed E-state index contributed by atoms with van der Waals surface area (Å²) in [5.74, 6) is -0.561. The Morgan fingerprint density at radius 2 is 2.05 bits per heavy atom. The third kappa shape index (κ3) is 5.05. The number of aliphatic hydroxyl groups is 1. The van der Waals surface area contributed by atoms with Crippen molar-refractivity contribution in [3.05, 3.63) is 29.6 Å². The molecule has 3 N–H and O–H groups in total. The van der Waals surface area contributed by atoms with Crippen molar-refractivity contribution >= 4 is 34.8 Å². The molecule has 5 nitrogen and oxygen atoms in total. The quantitative estimate of drug-likeness (QED) is 0.750. The maximum absolute atomic E-state index is 13.4. The average molecular weight is 361 g/mol. The monoisotopic (exact) mass is 360 g/mol. The molecule has 1 heterocycles. The van der Waals surface area contributed by atoms with E-state index in [0.717, 1.165) is 6.07 Å². The van der Waals surface area contributed by atoms with Crippen molar-refractivity contribution in [2.45, 2.75) is 30.4 Å². The molecule has 1 fully saturated rings. The average Bonchev–Trinajstić information content (AvgIpc) is 2.35. The van der Waals surface area contributed by atoms with Crippen molar-refractivity contribution in [2.24, 2.45) is 0 Å². The zero-order valence-electron chi connectivity index (χ0n) is 11.4. The molecule has 122 valence electrons. The Morgan fingerprint density at radius 3 is 2.62 bits per heavy atom. The Hall–Kier alpha value is -0.440. The van der Waals surface area contributed by atoms with Gasteiger partial charge in [0.25, 0.3) is 0 Å². The lowest BCUT2D eigenvalue weighted by molar-refractivity contribution is 0.113. The highest BCUT2D eigenvalue weighted by molar-refractivity contribution is 7.89. The van der Waals surface area contributed by atoms with Crippen molar-refractivity contribution in [1.29, 1.82) is 0 Å². The molecule has 0 unspecified atom stereocenters. The van der Waals surface area contributed by atoms with Gasteiger partial charge in [-0.15, -0.1) is 24.8 Å². The van der Waals surface area contributed by atoms with Gasteiger partial charge in [0, 0.05) is 6.54 Å². The van der Waals surface area contributed by atoms with Crippen LogP contribution >= 0.6 is 24.8 Å². The molecular formula is C12H19Cl2FN2O3S. The van der Waals surface area contributed by atoms with Crippen molar-refractivity contribution in [1.82, 2.24) is 10.0 Å². The zero-order valence-corrected chi connectivity index (χ0v) is 13.8. The number of rotatable bonds is 3. The second kappa shape index (κ2) is 8.26. The van der Waals surface area contributed by atoms with Gasteiger partial charge in [-0.2, -0.15) is 0 Å². The number of hydrogen-bond acceptors (Lipinski definition) is 4. The molecule has 2 atom stereocenters.